The van der Waals surface area contributed by atoms with E-state index < -0.39 is 0 Å². The van der Waals surface area contributed by atoms with Gasteiger partial charge in [-0.3, -0.25) is 0 Å². The molecule has 1 aromatic heterocycles. The number of piperazine rings is 1. The summed E-state index contributed by atoms with van der Waals surface area (Å²) in [4.78, 5) is 8.54. The molecule has 0 radical (unpaired) electrons. The molecule has 1 aromatic carbocycles. The number of aryl methyl sites for hydroxylation is 2. The second-order valence-corrected chi connectivity index (χ2v) is 6.13. The van der Waals surface area contributed by atoms with Gasteiger partial charge in [0.2, 0.25) is 0 Å². The quantitative estimate of drug-likeness (QED) is 0.923. The number of nitrogens with zero attached hydrogens (tertiary/aromatic N) is 2. The van der Waals surface area contributed by atoms with Crippen LogP contribution in [-0.2, 0) is 6.42 Å². The van der Waals surface area contributed by atoms with E-state index in [1.807, 2.05) is 0 Å². The van der Waals surface area contributed by atoms with E-state index in [9.17, 15) is 0 Å². The van der Waals surface area contributed by atoms with Gasteiger partial charge in [0, 0.05) is 37.4 Å². The molecule has 2 heterocycles. The first kappa shape index (κ1) is 13.7. The van der Waals surface area contributed by atoms with Crippen LogP contribution < -0.4 is 0 Å². The fourth-order valence-corrected chi connectivity index (χ4v) is 3.01. The molecule has 0 atom stereocenters. The molecular weight excluding hydrogens is 246 g/mol. The maximum atomic E-state index is 3.54. The Bertz CT molecular complexity index is 565. The topological polar surface area (TPSA) is 22.3 Å². The number of likely N-dealkylation sites (N-methyl/N-ethyl adjacent to an activating group) is 1. The van der Waals surface area contributed by atoms with Gasteiger partial charge in [-0.05, 0) is 56.9 Å². The maximum Gasteiger partial charge on any atom is 0.0456 e. The average Bonchev–Trinajstić information content (AvgIpc) is 2.83. The van der Waals surface area contributed by atoms with Crippen molar-refractivity contribution in [3.05, 3.63) is 35.5 Å². The molecule has 108 valence electrons. The van der Waals surface area contributed by atoms with Crippen LogP contribution in [0.25, 0.3) is 10.9 Å². The van der Waals surface area contributed by atoms with E-state index in [1.54, 1.807) is 0 Å². The third-order valence-electron chi connectivity index (χ3n) is 4.35. The van der Waals surface area contributed by atoms with Crippen molar-refractivity contribution < 1.29 is 0 Å². The molecule has 0 spiro atoms. The summed E-state index contributed by atoms with van der Waals surface area (Å²) in [6.07, 6.45) is 2.40. The number of H-pyrrole nitrogens is 1. The number of aromatic amines is 1. The summed E-state index contributed by atoms with van der Waals surface area (Å²) in [5.41, 5.74) is 3.98. The summed E-state index contributed by atoms with van der Waals surface area (Å²) >= 11 is 0. The van der Waals surface area contributed by atoms with Gasteiger partial charge in [-0.1, -0.05) is 11.6 Å². The van der Waals surface area contributed by atoms with Gasteiger partial charge in [-0.2, -0.15) is 0 Å². The molecule has 0 unspecified atom stereocenters. The van der Waals surface area contributed by atoms with Crippen LogP contribution in [0.4, 0.5) is 0 Å². The van der Waals surface area contributed by atoms with Crippen LogP contribution >= 0.6 is 0 Å². The highest BCUT2D eigenvalue weighted by molar-refractivity contribution is 5.81. The lowest BCUT2D eigenvalue weighted by atomic mass is 10.1. The lowest BCUT2D eigenvalue weighted by molar-refractivity contribution is 0.153. The summed E-state index contributed by atoms with van der Waals surface area (Å²) in [5.74, 6) is 0. The molecule has 20 heavy (non-hydrogen) atoms. The summed E-state index contributed by atoms with van der Waals surface area (Å²) in [6.45, 7) is 8.25. The Morgan fingerprint density at radius 3 is 2.70 bits per heavy atom. The Morgan fingerprint density at radius 1 is 1.10 bits per heavy atom. The van der Waals surface area contributed by atoms with Crippen LogP contribution in [-0.4, -0.2) is 54.6 Å². The van der Waals surface area contributed by atoms with E-state index in [-0.39, 0.29) is 0 Å². The largest absolute Gasteiger partial charge is 0.358 e. The highest BCUT2D eigenvalue weighted by Crippen LogP contribution is 2.18. The van der Waals surface area contributed by atoms with Gasteiger partial charge < -0.3 is 14.8 Å². The molecule has 1 N–H and O–H groups in total. The molecule has 1 aliphatic heterocycles. The number of benzene rings is 1. The predicted octanol–water partition coefficient (Wildman–Crippen LogP) is 2.66. The fourth-order valence-electron chi connectivity index (χ4n) is 3.01. The highest BCUT2D eigenvalue weighted by atomic mass is 15.2. The maximum absolute atomic E-state index is 3.54. The molecule has 1 fully saturated rings. The van der Waals surface area contributed by atoms with Crippen molar-refractivity contribution in [2.24, 2.45) is 0 Å². The number of hydrogen-bond donors (Lipinski definition) is 1. The van der Waals surface area contributed by atoms with Crippen molar-refractivity contribution in [1.29, 1.82) is 0 Å². The van der Waals surface area contributed by atoms with Gasteiger partial charge in [0.05, 0.1) is 0 Å². The standard InChI is InChI=1S/C17H25N3/c1-14-5-6-17-15(12-14)13-16(18-17)4-3-7-20-10-8-19(2)9-11-20/h5-6,12-13,18H,3-4,7-11H2,1-2H3. The number of nitrogens with one attached hydrogen (secondary N) is 1. The number of hydrogen-bond acceptors (Lipinski definition) is 2. The summed E-state index contributed by atoms with van der Waals surface area (Å²) in [7, 11) is 2.21. The smallest absolute Gasteiger partial charge is 0.0456 e. The van der Waals surface area contributed by atoms with E-state index in [4.69, 9.17) is 0 Å². The van der Waals surface area contributed by atoms with Gasteiger partial charge >= 0.3 is 0 Å². The number of aromatic nitrogens is 1. The SMILES string of the molecule is Cc1ccc2[nH]c(CCCN3CCN(C)CC3)cc2c1. The third-order valence-corrected chi connectivity index (χ3v) is 4.35. The van der Waals surface area contributed by atoms with Crippen LogP contribution in [0.5, 0.6) is 0 Å². The van der Waals surface area contributed by atoms with E-state index in [0.29, 0.717) is 0 Å². The van der Waals surface area contributed by atoms with Gasteiger partial charge in [0.15, 0.2) is 0 Å². The van der Waals surface area contributed by atoms with Crippen molar-refractivity contribution in [1.82, 2.24) is 14.8 Å². The summed E-state index contributed by atoms with van der Waals surface area (Å²) < 4.78 is 0. The lowest BCUT2D eigenvalue weighted by Crippen LogP contribution is -2.44. The van der Waals surface area contributed by atoms with Crippen LogP contribution in [0, 0.1) is 6.92 Å². The first-order valence-corrected chi connectivity index (χ1v) is 7.70. The van der Waals surface area contributed by atoms with Crippen molar-refractivity contribution in [3.8, 4) is 0 Å². The van der Waals surface area contributed by atoms with Gasteiger partial charge in [-0.25, -0.2) is 0 Å². The Kier molecular flexibility index (Phi) is 4.08. The van der Waals surface area contributed by atoms with Crippen molar-refractivity contribution in [3.63, 3.8) is 0 Å². The van der Waals surface area contributed by atoms with E-state index in [2.05, 4.69) is 53.0 Å². The first-order chi connectivity index (χ1) is 9.70. The average molecular weight is 271 g/mol. The predicted molar refractivity (Wildman–Crippen MR) is 85.3 cm³/mol. The van der Waals surface area contributed by atoms with E-state index in [0.717, 1.165) is 6.42 Å². The molecule has 3 heteroatoms. The first-order valence-electron chi connectivity index (χ1n) is 7.70. The normalized spacial score (nSPS) is 17.9. The van der Waals surface area contributed by atoms with Crippen LogP contribution in [0.3, 0.4) is 0 Å². The van der Waals surface area contributed by atoms with Crippen molar-refractivity contribution >= 4 is 10.9 Å². The Labute approximate surface area is 121 Å². The fraction of sp³-hybridized carbons (Fsp3) is 0.529. The minimum Gasteiger partial charge on any atom is -0.358 e. The van der Waals surface area contributed by atoms with Crippen LogP contribution in [0.2, 0.25) is 0 Å². The van der Waals surface area contributed by atoms with Crippen molar-refractivity contribution in [2.75, 3.05) is 39.8 Å². The molecule has 2 aromatic rings. The third kappa shape index (κ3) is 3.22. The van der Waals surface area contributed by atoms with Gasteiger partial charge in [0.1, 0.15) is 0 Å². The zero-order chi connectivity index (χ0) is 13.9. The molecule has 0 aliphatic carbocycles. The van der Waals surface area contributed by atoms with E-state index in [1.165, 1.54) is 61.3 Å². The van der Waals surface area contributed by atoms with Crippen LogP contribution in [0.15, 0.2) is 24.3 Å². The minimum absolute atomic E-state index is 1.15. The van der Waals surface area contributed by atoms with Crippen molar-refractivity contribution in [2.45, 2.75) is 19.8 Å². The van der Waals surface area contributed by atoms with E-state index >= 15 is 0 Å². The molecule has 0 bridgehead atoms. The molecule has 1 aliphatic rings. The minimum atomic E-state index is 1.15. The summed E-state index contributed by atoms with van der Waals surface area (Å²) in [6, 6.07) is 8.93. The summed E-state index contributed by atoms with van der Waals surface area (Å²) in [5, 5.41) is 1.35. The second-order valence-electron chi connectivity index (χ2n) is 6.13. The van der Waals surface area contributed by atoms with Crippen LogP contribution in [0.1, 0.15) is 17.7 Å². The van der Waals surface area contributed by atoms with Gasteiger partial charge in [-0.15, -0.1) is 0 Å². The Hall–Kier alpha value is -1.32. The zero-order valence-electron chi connectivity index (χ0n) is 12.7. The Morgan fingerprint density at radius 2 is 1.90 bits per heavy atom. The monoisotopic (exact) mass is 271 g/mol. The second kappa shape index (κ2) is 5.98. The number of fused-ring (bicyclic) bond motifs is 1. The molecular formula is C17H25N3. The Balaban J connectivity index is 1.52. The number of rotatable bonds is 4. The molecule has 3 rings (SSSR count). The molecule has 0 saturated carbocycles. The molecule has 3 nitrogen and oxygen atoms in total. The zero-order valence-corrected chi connectivity index (χ0v) is 12.7. The molecule has 0 amide bonds. The molecule has 1 saturated heterocycles. The lowest BCUT2D eigenvalue weighted by Gasteiger charge is -2.32. The highest BCUT2D eigenvalue weighted by Gasteiger charge is 2.13. The van der Waals surface area contributed by atoms with Gasteiger partial charge in [0.25, 0.3) is 0 Å².